The molecule has 1 unspecified atom stereocenters. The van der Waals surface area contributed by atoms with Gasteiger partial charge >= 0.3 is 0 Å². The van der Waals surface area contributed by atoms with Crippen LogP contribution in [0.2, 0.25) is 0 Å². The van der Waals surface area contributed by atoms with E-state index in [9.17, 15) is 14.7 Å². The summed E-state index contributed by atoms with van der Waals surface area (Å²) in [4.78, 5) is 24.3. The smallest absolute Gasteiger partial charge is 0.248 e. The molecule has 1 atom stereocenters. The molecule has 0 heterocycles. The molecule has 0 fully saturated rings. The SMILES string of the molecule is CC(O)CN(C)CC(=O)Nc1ccc(C(N)=O)cc1. The summed E-state index contributed by atoms with van der Waals surface area (Å²) in [6.45, 7) is 2.27. The Kier molecular flexibility index (Phi) is 5.47. The molecule has 6 nitrogen and oxygen atoms in total. The number of likely N-dealkylation sites (N-methyl/N-ethyl adjacent to an activating group) is 1. The van der Waals surface area contributed by atoms with Crippen LogP contribution in [0.25, 0.3) is 0 Å². The summed E-state index contributed by atoms with van der Waals surface area (Å²) in [7, 11) is 1.75. The van der Waals surface area contributed by atoms with E-state index in [0.717, 1.165) is 0 Å². The van der Waals surface area contributed by atoms with Crippen molar-refractivity contribution in [2.45, 2.75) is 13.0 Å². The van der Waals surface area contributed by atoms with E-state index in [0.29, 0.717) is 17.8 Å². The van der Waals surface area contributed by atoms with Gasteiger partial charge in [0.25, 0.3) is 0 Å². The number of carbonyl (C=O) groups is 2. The van der Waals surface area contributed by atoms with Gasteiger partial charge in [-0.3, -0.25) is 14.5 Å². The van der Waals surface area contributed by atoms with Crippen LogP contribution in [0.4, 0.5) is 5.69 Å². The van der Waals surface area contributed by atoms with Crippen molar-refractivity contribution in [2.24, 2.45) is 5.73 Å². The van der Waals surface area contributed by atoms with Gasteiger partial charge in [-0.15, -0.1) is 0 Å². The average Bonchev–Trinajstić information content (AvgIpc) is 2.27. The third-order valence-electron chi connectivity index (χ3n) is 2.44. The molecule has 1 rings (SSSR count). The monoisotopic (exact) mass is 265 g/mol. The molecular weight excluding hydrogens is 246 g/mol. The number of nitrogens with one attached hydrogen (secondary N) is 1. The molecule has 0 saturated carbocycles. The highest BCUT2D eigenvalue weighted by Gasteiger charge is 2.09. The molecule has 0 aliphatic carbocycles. The highest BCUT2D eigenvalue weighted by molar-refractivity contribution is 5.95. The second-order valence-corrected chi connectivity index (χ2v) is 4.54. The zero-order valence-electron chi connectivity index (χ0n) is 11.1. The Balaban J connectivity index is 2.50. The first-order valence-electron chi connectivity index (χ1n) is 5.95. The first-order valence-corrected chi connectivity index (χ1v) is 5.95. The van der Waals surface area contributed by atoms with Crippen LogP contribution in [-0.4, -0.2) is 48.1 Å². The molecular formula is C13H19N3O3. The third kappa shape index (κ3) is 5.50. The number of hydrogen-bond donors (Lipinski definition) is 3. The summed E-state index contributed by atoms with van der Waals surface area (Å²) in [6, 6.07) is 6.34. The van der Waals surface area contributed by atoms with Crippen molar-refractivity contribution >= 4 is 17.5 Å². The Bertz CT molecular complexity index is 443. The number of nitrogens with zero attached hydrogens (tertiary/aromatic N) is 1. The van der Waals surface area contributed by atoms with Gasteiger partial charge < -0.3 is 16.2 Å². The second kappa shape index (κ2) is 6.86. The summed E-state index contributed by atoms with van der Waals surface area (Å²) >= 11 is 0. The van der Waals surface area contributed by atoms with Crippen molar-refractivity contribution in [3.63, 3.8) is 0 Å². The lowest BCUT2D eigenvalue weighted by Crippen LogP contribution is -2.34. The lowest BCUT2D eigenvalue weighted by atomic mass is 10.2. The normalized spacial score (nSPS) is 12.2. The molecule has 0 radical (unpaired) electrons. The molecule has 1 aromatic carbocycles. The Morgan fingerprint density at radius 1 is 1.37 bits per heavy atom. The lowest BCUT2D eigenvalue weighted by molar-refractivity contribution is -0.117. The fourth-order valence-electron chi connectivity index (χ4n) is 1.68. The van der Waals surface area contributed by atoms with Crippen LogP contribution in [0.5, 0.6) is 0 Å². The first kappa shape index (κ1) is 15.1. The van der Waals surface area contributed by atoms with Crippen molar-refractivity contribution in [1.82, 2.24) is 4.90 Å². The Labute approximate surface area is 112 Å². The molecule has 1 aromatic rings. The number of primary amides is 1. The van der Waals surface area contributed by atoms with Crippen LogP contribution in [0, 0.1) is 0 Å². The van der Waals surface area contributed by atoms with Crippen LogP contribution in [0.15, 0.2) is 24.3 Å². The summed E-state index contributed by atoms with van der Waals surface area (Å²) in [5, 5.41) is 11.9. The van der Waals surface area contributed by atoms with Crippen LogP contribution in [0.1, 0.15) is 17.3 Å². The van der Waals surface area contributed by atoms with Gasteiger partial charge in [-0.05, 0) is 38.2 Å². The van der Waals surface area contributed by atoms with E-state index in [1.165, 1.54) is 0 Å². The Morgan fingerprint density at radius 2 is 1.95 bits per heavy atom. The fourth-order valence-corrected chi connectivity index (χ4v) is 1.68. The number of hydrogen-bond acceptors (Lipinski definition) is 4. The standard InChI is InChI=1S/C13H19N3O3/c1-9(17)7-16(2)8-12(18)15-11-5-3-10(4-6-11)13(14)19/h3-6,9,17H,7-8H2,1-2H3,(H2,14,19)(H,15,18). The highest BCUT2D eigenvalue weighted by atomic mass is 16.3. The molecule has 0 bridgehead atoms. The molecule has 0 aliphatic heterocycles. The van der Waals surface area contributed by atoms with E-state index in [2.05, 4.69) is 5.32 Å². The van der Waals surface area contributed by atoms with Crippen molar-refractivity contribution in [2.75, 3.05) is 25.5 Å². The Morgan fingerprint density at radius 3 is 2.42 bits per heavy atom. The largest absolute Gasteiger partial charge is 0.392 e. The predicted octanol–water partition coefficient (Wildman–Crippen LogP) is 0.0366. The van der Waals surface area contributed by atoms with E-state index >= 15 is 0 Å². The molecule has 0 aliphatic rings. The third-order valence-corrected chi connectivity index (χ3v) is 2.44. The molecule has 0 saturated heterocycles. The molecule has 2 amide bonds. The predicted molar refractivity (Wildman–Crippen MR) is 72.8 cm³/mol. The minimum Gasteiger partial charge on any atom is -0.392 e. The number of benzene rings is 1. The van der Waals surface area contributed by atoms with Gasteiger partial charge in [0.05, 0.1) is 12.6 Å². The molecule has 104 valence electrons. The average molecular weight is 265 g/mol. The number of anilines is 1. The molecule has 0 spiro atoms. The number of aliphatic hydroxyl groups excluding tert-OH is 1. The van der Waals surface area contributed by atoms with Gasteiger partial charge in [0.2, 0.25) is 11.8 Å². The van der Waals surface area contributed by atoms with Crippen molar-refractivity contribution in [1.29, 1.82) is 0 Å². The highest BCUT2D eigenvalue weighted by Crippen LogP contribution is 2.09. The molecule has 19 heavy (non-hydrogen) atoms. The zero-order valence-corrected chi connectivity index (χ0v) is 11.1. The van der Waals surface area contributed by atoms with E-state index in [1.54, 1.807) is 43.1 Å². The van der Waals surface area contributed by atoms with E-state index in [1.807, 2.05) is 0 Å². The van der Waals surface area contributed by atoms with Gasteiger partial charge in [-0.2, -0.15) is 0 Å². The zero-order chi connectivity index (χ0) is 14.4. The number of aliphatic hydroxyl groups is 1. The van der Waals surface area contributed by atoms with E-state index in [4.69, 9.17) is 5.73 Å². The topological polar surface area (TPSA) is 95.7 Å². The van der Waals surface area contributed by atoms with Crippen LogP contribution < -0.4 is 11.1 Å². The quantitative estimate of drug-likeness (QED) is 0.676. The van der Waals surface area contributed by atoms with Crippen LogP contribution >= 0.6 is 0 Å². The Hall–Kier alpha value is -1.92. The maximum atomic E-state index is 11.7. The maximum absolute atomic E-state index is 11.7. The van der Waals surface area contributed by atoms with Gasteiger partial charge in [0, 0.05) is 17.8 Å². The van der Waals surface area contributed by atoms with Gasteiger partial charge in [-0.25, -0.2) is 0 Å². The van der Waals surface area contributed by atoms with Crippen LogP contribution in [0.3, 0.4) is 0 Å². The van der Waals surface area contributed by atoms with Crippen LogP contribution in [-0.2, 0) is 4.79 Å². The summed E-state index contributed by atoms with van der Waals surface area (Å²) in [5.41, 5.74) is 6.11. The summed E-state index contributed by atoms with van der Waals surface area (Å²) < 4.78 is 0. The first-order chi connectivity index (χ1) is 8.88. The molecule has 4 N–H and O–H groups in total. The van der Waals surface area contributed by atoms with Gasteiger partial charge in [-0.1, -0.05) is 0 Å². The number of amides is 2. The number of carbonyl (C=O) groups excluding carboxylic acids is 2. The number of nitrogens with two attached hydrogens (primary N) is 1. The molecule has 0 aromatic heterocycles. The second-order valence-electron chi connectivity index (χ2n) is 4.54. The fraction of sp³-hybridized carbons (Fsp3) is 0.385. The minimum absolute atomic E-state index is 0.183. The minimum atomic E-state index is -0.505. The summed E-state index contributed by atoms with van der Waals surface area (Å²) in [6.07, 6.45) is -0.479. The van der Waals surface area contributed by atoms with Crippen molar-refractivity contribution in [3.05, 3.63) is 29.8 Å². The number of rotatable bonds is 6. The van der Waals surface area contributed by atoms with Crippen molar-refractivity contribution in [3.8, 4) is 0 Å². The van der Waals surface area contributed by atoms with E-state index in [-0.39, 0.29) is 12.5 Å². The van der Waals surface area contributed by atoms with Gasteiger partial charge in [0.15, 0.2) is 0 Å². The molecule has 6 heteroatoms. The van der Waals surface area contributed by atoms with Gasteiger partial charge in [0.1, 0.15) is 0 Å². The van der Waals surface area contributed by atoms with Crippen molar-refractivity contribution < 1.29 is 14.7 Å². The maximum Gasteiger partial charge on any atom is 0.248 e. The lowest BCUT2D eigenvalue weighted by Gasteiger charge is -2.17. The summed E-state index contributed by atoms with van der Waals surface area (Å²) in [5.74, 6) is -0.690. The van der Waals surface area contributed by atoms with E-state index < -0.39 is 12.0 Å².